The molecule has 28 nitrogen and oxygen atoms in total. The van der Waals surface area contributed by atoms with Gasteiger partial charge in [-0.1, -0.05) is 146 Å². The third-order valence-electron chi connectivity index (χ3n) is 27.0. The second kappa shape index (κ2) is 52.1. The topological polar surface area (TPSA) is 322 Å². The fourth-order valence-electron chi connectivity index (χ4n) is 17.4. The van der Waals surface area contributed by atoms with Crippen LogP contribution in [0.2, 0.25) is 0 Å². The molecule has 4 saturated carbocycles. The molecule has 6 aromatic rings. The number of piperidine rings is 4. The number of ether oxygens (including phenoxy) is 10. The van der Waals surface area contributed by atoms with Gasteiger partial charge in [0.25, 0.3) is 0 Å². The van der Waals surface area contributed by atoms with E-state index in [1.165, 1.54) is 13.8 Å². The Morgan fingerprint density at radius 2 is 0.560 bits per heavy atom. The highest BCUT2D eigenvalue weighted by Gasteiger charge is 2.53. The third-order valence-corrected chi connectivity index (χ3v) is 27.0. The van der Waals surface area contributed by atoms with E-state index in [1.807, 2.05) is 185 Å². The molecule has 6 aliphatic heterocycles. The van der Waals surface area contributed by atoms with Crippen LogP contribution in [0.5, 0.6) is 11.5 Å². The molecular weight excluding hydrogens is 1710 g/mol. The Hall–Kier alpha value is -9.62. The predicted molar refractivity (Wildman–Crippen MR) is 508 cm³/mol. The van der Waals surface area contributed by atoms with E-state index in [0.717, 1.165) is 180 Å². The Bertz CT molecular complexity index is 4460. The first kappa shape index (κ1) is 105. The summed E-state index contributed by atoms with van der Waals surface area (Å²) >= 11 is 0. The third kappa shape index (κ3) is 34.6. The minimum Gasteiger partial charge on any atom is -0.508 e. The number of aliphatic hydroxyl groups is 2. The van der Waals surface area contributed by atoms with Gasteiger partial charge in [-0.15, -0.1) is 0 Å². The number of carbonyl (C=O) groups is 7. The summed E-state index contributed by atoms with van der Waals surface area (Å²) in [5.41, 5.74) is 4.56. The summed E-state index contributed by atoms with van der Waals surface area (Å²) in [6.45, 7) is 25.5. The van der Waals surface area contributed by atoms with Crippen molar-refractivity contribution in [2.24, 2.45) is 0 Å². The number of phenolic OH excluding ortho intramolecular Hbond substituents is 1. The van der Waals surface area contributed by atoms with Gasteiger partial charge in [-0.05, 0) is 254 Å². The molecule has 0 spiro atoms. The average molecular weight is 1860 g/mol. The van der Waals surface area contributed by atoms with Crippen molar-refractivity contribution in [3.05, 3.63) is 192 Å². The van der Waals surface area contributed by atoms with Crippen molar-refractivity contribution in [1.29, 1.82) is 0 Å². The molecule has 0 unspecified atom stereocenters. The summed E-state index contributed by atoms with van der Waals surface area (Å²) in [6.07, 6.45) is 20.6. The maximum atomic E-state index is 12.4. The van der Waals surface area contributed by atoms with Gasteiger partial charge in [0.2, 0.25) is 0 Å². The van der Waals surface area contributed by atoms with Gasteiger partial charge in [0.15, 0.2) is 0 Å². The van der Waals surface area contributed by atoms with Crippen molar-refractivity contribution >= 4 is 67.3 Å². The molecule has 0 radical (unpaired) electrons. The molecule has 4 amide bonds. The highest BCUT2D eigenvalue weighted by atomic mass is 16.7. The van der Waals surface area contributed by atoms with E-state index in [1.54, 1.807) is 31.7 Å². The molecule has 10 fully saturated rings. The number of hydrogen-bond donors (Lipinski definition) is 3. The zero-order valence-electron chi connectivity index (χ0n) is 80.3. The number of benzene rings is 6. The summed E-state index contributed by atoms with van der Waals surface area (Å²) in [7, 11) is -0.714. The van der Waals surface area contributed by atoms with Crippen molar-refractivity contribution in [3.63, 3.8) is 0 Å². The minimum atomic E-state index is -0.358. The van der Waals surface area contributed by atoms with Crippen molar-refractivity contribution in [2.75, 3.05) is 52.4 Å². The second-order valence-corrected chi connectivity index (χ2v) is 38.5. The average Bonchev–Trinajstić information content (AvgIpc) is 1.63. The first-order valence-electron chi connectivity index (χ1n) is 48.5. The lowest BCUT2D eigenvalue weighted by Crippen LogP contribution is -2.42. The van der Waals surface area contributed by atoms with Crippen LogP contribution in [0.15, 0.2) is 170 Å². The van der Waals surface area contributed by atoms with Gasteiger partial charge >= 0.3 is 50.5 Å². The first-order chi connectivity index (χ1) is 64.2. The Kier molecular flexibility index (Phi) is 40.7. The van der Waals surface area contributed by atoms with E-state index in [4.69, 9.17) is 71.1 Å². The lowest BCUT2D eigenvalue weighted by molar-refractivity contribution is -0.150. The van der Waals surface area contributed by atoms with E-state index in [-0.39, 0.29) is 158 Å². The minimum absolute atomic E-state index is 0.0450. The van der Waals surface area contributed by atoms with Crippen molar-refractivity contribution in [1.82, 2.24) is 19.6 Å². The van der Waals surface area contributed by atoms with Gasteiger partial charge in [0, 0.05) is 79.0 Å². The fraction of sp³-hybridized carbons (Fsp3) is 0.587. The van der Waals surface area contributed by atoms with Crippen molar-refractivity contribution in [3.8, 4) is 11.5 Å². The quantitative estimate of drug-likeness (QED) is 0.0363. The van der Waals surface area contributed by atoms with Gasteiger partial charge in [-0.3, -0.25) is 14.4 Å². The number of likely N-dealkylation sites (tertiary alicyclic amines) is 4. The van der Waals surface area contributed by atoms with Gasteiger partial charge < -0.3 is 101 Å². The summed E-state index contributed by atoms with van der Waals surface area (Å²) in [6, 6.07) is 53.8. The van der Waals surface area contributed by atoms with Crippen LogP contribution in [-0.2, 0) is 102 Å². The maximum absolute atomic E-state index is 12.4. The van der Waals surface area contributed by atoms with Gasteiger partial charge in [-0.25, -0.2) is 19.2 Å². The molecule has 0 atom stereocenters. The number of amides is 4. The smallest absolute Gasteiger partial charge is 0.494 e. The number of phenols is 1. The number of ketones is 1. The molecule has 10 aliphatic rings. The van der Waals surface area contributed by atoms with Crippen LogP contribution < -0.4 is 15.7 Å². The van der Waals surface area contributed by atoms with Crippen LogP contribution in [0, 0.1) is 0 Å². The lowest BCUT2D eigenvalue weighted by Gasteiger charge is -2.35. The number of esters is 2. The zero-order valence-corrected chi connectivity index (χ0v) is 80.3. The van der Waals surface area contributed by atoms with Gasteiger partial charge in [-0.2, -0.15) is 0 Å². The molecular formula is C104H144B2N4O24. The largest absolute Gasteiger partial charge is 0.508 e. The Morgan fingerprint density at radius 1 is 0.321 bits per heavy atom. The van der Waals surface area contributed by atoms with E-state index in [2.05, 4.69) is 27.7 Å². The van der Waals surface area contributed by atoms with Gasteiger partial charge in [0.1, 0.15) is 55.9 Å². The molecule has 0 aromatic heterocycles. The summed E-state index contributed by atoms with van der Waals surface area (Å²) in [5, 5.41) is 27.9. The van der Waals surface area contributed by atoms with Crippen LogP contribution in [0.1, 0.15) is 246 Å². The first-order valence-corrected chi connectivity index (χ1v) is 48.5. The molecule has 6 aromatic carbocycles. The predicted octanol–water partition coefficient (Wildman–Crippen LogP) is 16.8. The Labute approximate surface area is 792 Å². The fourth-order valence-corrected chi connectivity index (χ4v) is 17.4. The van der Waals surface area contributed by atoms with Crippen molar-refractivity contribution < 1.29 is 115 Å². The number of aromatic hydroxyl groups is 1. The SMILES string of the molecule is CC(=O)OC1CCC(O)CC1.CC(=O)OC1CCC(OC2CCN(C(=O)OCc3ccccc3)CC2)CC1.CC1(C)OB(c2ccc(O)cc2)OC1(C)C.CC1(C)OB(c2ccc(OC3CCC(OC4CCN(C(=O)OCc5ccccc5)CC4)CC3)cc2)OC1(C)C.O=C(OCc1ccccc1)N1CCC(OC2CCC(O)CC2)CC1.O=C1CCN(C(=O)OCc2ccccc2)CC1. The van der Waals surface area contributed by atoms with Gasteiger partial charge in [0.05, 0.1) is 77.3 Å². The maximum Gasteiger partial charge on any atom is 0.494 e. The molecule has 730 valence electrons. The highest BCUT2D eigenvalue weighted by molar-refractivity contribution is 6.62. The molecule has 3 N–H and O–H groups in total. The molecule has 134 heavy (non-hydrogen) atoms. The molecule has 0 bridgehead atoms. The highest BCUT2D eigenvalue weighted by Crippen LogP contribution is 2.39. The number of aliphatic hydroxyl groups excluding tert-OH is 2. The van der Waals surface area contributed by atoms with E-state index < -0.39 is 0 Å². The molecule has 30 heteroatoms. The summed E-state index contributed by atoms with van der Waals surface area (Å²) in [4.78, 5) is 87.9. The van der Waals surface area contributed by atoms with Crippen LogP contribution in [0.25, 0.3) is 0 Å². The Balaban J connectivity index is 0.000000162. The van der Waals surface area contributed by atoms with Crippen LogP contribution in [0.4, 0.5) is 19.2 Å². The summed E-state index contributed by atoms with van der Waals surface area (Å²) < 4.78 is 80.9. The van der Waals surface area contributed by atoms with Crippen LogP contribution >= 0.6 is 0 Å². The van der Waals surface area contributed by atoms with E-state index in [9.17, 15) is 43.8 Å². The number of carbonyl (C=O) groups excluding carboxylic acids is 7. The molecule has 16 rings (SSSR count). The molecule has 6 saturated heterocycles. The van der Waals surface area contributed by atoms with E-state index >= 15 is 0 Å². The number of hydrogen-bond acceptors (Lipinski definition) is 24. The second-order valence-electron chi connectivity index (χ2n) is 38.5. The van der Waals surface area contributed by atoms with Crippen LogP contribution in [0.3, 0.4) is 0 Å². The lowest BCUT2D eigenvalue weighted by atomic mass is 9.79. The standard InChI is InChI=1S/C31H42BNO6.C21H29NO5.C19H27NO4.C13H15NO3.C12H17BO3.C8H14O3/c1-30(2)31(3,4)39-32(38-30)24-10-12-25(13-11-24)36-26-14-16-27(17-15-26)37-28-18-20-33(21-19-28)29(34)35-22-23-8-6-5-7-9-23;1-16(23)26-18-7-9-19(10-8-18)27-20-11-13-22(14-12-20)21(24)25-15-17-5-3-2-4-6-17;21-16-6-8-17(9-7-16)24-18-10-12-20(13-11-18)19(22)23-14-15-4-2-1-3-5-15;15-12-6-8-14(9-7-12)13(16)17-10-11-4-2-1-3-5-11;1-11(2)12(3,4)16-13(15-11)9-5-7-10(14)8-6-9;1-6(9)11-8-4-2-7(10)3-5-8/h5-13,26-28H,14-22H2,1-4H3;2-6,18-20H,7-15H2,1H3;1-5,16-18,21H,6-14H2;1-5H,6-10H2;5-8,14H,1-4H3;7-8,10H,2-5H2,1H3. The molecule has 4 aliphatic carbocycles. The summed E-state index contributed by atoms with van der Waals surface area (Å²) in [5.74, 6) is 0.931. The number of Topliss-reactive ketones (excluding diaryl/α,β-unsaturated/α-hetero) is 1. The van der Waals surface area contributed by atoms with E-state index in [0.29, 0.717) is 85.0 Å². The number of nitrogens with zero attached hydrogens (tertiary/aromatic N) is 4. The number of rotatable bonds is 20. The van der Waals surface area contributed by atoms with Crippen molar-refractivity contribution in [2.45, 2.75) is 339 Å². The van der Waals surface area contributed by atoms with Crippen LogP contribution in [-0.4, -0.2) is 233 Å². The normalized spacial score (nSPS) is 23.8. The monoisotopic (exact) mass is 1860 g/mol. The zero-order chi connectivity index (χ0) is 95.6. The Morgan fingerprint density at radius 3 is 0.843 bits per heavy atom. The molecule has 6 heterocycles.